The van der Waals surface area contributed by atoms with E-state index in [1.807, 2.05) is 19.1 Å². The number of anilines is 3. The zero-order chi connectivity index (χ0) is 20.8. The van der Waals surface area contributed by atoms with Crippen molar-refractivity contribution in [3.8, 4) is 11.5 Å². The Labute approximate surface area is 173 Å². The molecule has 0 unspecified atom stereocenters. The van der Waals surface area contributed by atoms with Crippen LogP contribution < -0.4 is 25.0 Å². The van der Waals surface area contributed by atoms with Gasteiger partial charge in [-0.05, 0) is 62.1 Å². The van der Waals surface area contributed by atoms with E-state index in [-0.39, 0.29) is 5.91 Å². The van der Waals surface area contributed by atoms with Crippen molar-refractivity contribution >= 4 is 23.0 Å². The highest BCUT2D eigenvalue weighted by Gasteiger charge is 2.17. The van der Waals surface area contributed by atoms with Crippen LogP contribution in [-0.4, -0.2) is 39.3 Å². The van der Waals surface area contributed by atoms with Crippen molar-refractivity contribution in [3.05, 3.63) is 42.5 Å². The van der Waals surface area contributed by atoms with Gasteiger partial charge in [-0.2, -0.15) is 0 Å². The summed E-state index contributed by atoms with van der Waals surface area (Å²) < 4.78 is 10.6. The van der Waals surface area contributed by atoms with Crippen LogP contribution in [0, 0.1) is 5.92 Å². The van der Waals surface area contributed by atoms with Crippen LogP contribution in [0.25, 0.3) is 0 Å². The van der Waals surface area contributed by atoms with E-state index in [1.165, 1.54) is 18.5 Å². The standard InChI is InChI=1S/C23H31N3O3/c1-16-11-13-26(14-12-16)19-7-5-18(6-8-19)24-17(2)23(27)25-21-15-20(28-3)9-10-22(21)29-4/h5-10,15-17,24H,11-14H2,1-4H3,(H,25,27)/t17-/m0/s1. The monoisotopic (exact) mass is 397 g/mol. The predicted molar refractivity (Wildman–Crippen MR) is 118 cm³/mol. The second kappa shape index (κ2) is 9.54. The minimum Gasteiger partial charge on any atom is -0.497 e. The highest BCUT2D eigenvalue weighted by atomic mass is 16.5. The lowest BCUT2D eigenvalue weighted by atomic mass is 9.99. The molecule has 1 atom stereocenters. The van der Waals surface area contributed by atoms with Gasteiger partial charge in [0.1, 0.15) is 17.5 Å². The third kappa shape index (κ3) is 5.34. The number of carbonyl (C=O) groups is 1. The van der Waals surface area contributed by atoms with Crippen molar-refractivity contribution in [2.45, 2.75) is 32.7 Å². The summed E-state index contributed by atoms with van der Waals surface area (Å²) in [7, 11) is 3.16. The Bertz CT molecular complexity index is 815. The van der Waals surface area contributed by atoms with E-state index in [0.29, 0.717) is 17.2 Å². The van der Waals surface area contributed by atoms with Crippen molar-refractivity contribution in [1.29, 1.82) is 0 Å². The Morgan fingerprint density at radius 2 is 1.76 bits per heavy atom. The fraction of sp³-hybridized carbons (Fsp3) is 0.435. The van der Waals surface area contributed by atoms with Gasteiger partial charge in [0.25, 0.3) is 0 Å². The summed E-state index contributed by atoms with van der Waals surface area (Å²) in [4.78, 5) is 15.1. The average Bonchev–Trinajstić information content (AvgIpc) is 2.74. The molecular weight excluding hydrogens is 366 g/mol. The number of nitrogens with zero attached hydrogens (tertiary/aromatic N) is 1. The Morgan fingerprint density at radius 3 is 2.38 bits per heavy atom. The van der Waals surface area contributed by atoms with Gasteiger partial charge in [0, 0.05) is 30.5 Å². The number of benzene rings is 2. The summed E-state index contributed by atoms with van der Waals surface area (Å²) in [5.74, 6) is 1.91. The van der Waals surface area contributed by atoms with Gasteiger partial charge in [0.05, 0.1) is 19.9 Å². The summed E-state index contributed by atoms with van der Waals surface area (Å²) in [6, 6.07) is 13.2. The fourth-order valence-corrected chi connectivity index (χ4v) is 3.50. The molecule has 29 heavy (non-hydrogen) atoms. The summed E-state index contributed by atoms with van der Waals surface area (Å²) in [6.45, 7) is 6.37. The predicted octanol–water partition coefficient (Wildman–Crippen LogP) is 4.38. The van der Waals surface area contributed by atoms with E-state index in [2.05, 4.69) is 34.6 Å². The molecule has 1 heterocycles. The number of methoxy groups -OCH3 is 2. The van der Waals surface area contributed by atoms with Crippen LogP contribution >= 0.6 is 0 Å². The molecule has 1 aliphatic heterocycles. The van der Waals surface area contributed by atoms with Crippen LogP contribution in [-0.2, 0) is 4.79 Å². The normalized spacial score (nSPS) is 15.5. The molecule has 6 nitrogen and oxygen atoms in total. The molecule has 0 bridgehead atoms. The molecule has 0 aliphatic carbocycles. The lowest BCUT2D eigenvalue weighted by Gasteiger charge is -2.32. The van der Waals surface area contributed by atoms with Crippen molar-refractivity contribution < 1.29 is 14.3 Å². The van der Waals surface area contributed by atoms with E-state index in [4.69, 9.17) is 9.47 Å². The van der Waals surface area contributed by atoms with E-state index in [1.54, 1.807) is 32.4 Å². The summed E-state index contributed by atoms with van der Waals surface area (Å²) in [5.41, 5.74) is 2.74. The number of carbonyl (C=O) groups excluding carboxylic acids is 1. The molecule has 0 radical (unpaired) electrons. The van der Waals surface area contributed by atoms with Gasteiger partial charge in [-0.25, -0.2) is 0 Å². The van der Waals surface area contributed by atoms with Gasteiger partial charge in [0.15, 0.2) is 0 Å². The van der Waals surface area contributed by atoms with Gasteiger partial charge in [-0.1, -0.05) is 6.92 Å². The molecule has 156 valence electrons. The van der Waals surface area contributed by atoms with Crippen LogP contribution in [0.2, 0.25) is 0 Å². The van der Waals surface area contributed by atoms with Crippen molar-refractivity contribution in [3.63, 3.8) is 0 Å². The van der Waals surface area contributed by atoms with Gasteiger partial charge in [-0.15, -0.1) is 0 Å². The lowest BCUT2D eigenvalue weighted by molar-refractivity contribution is -0.116. The third-order valence-electron chi connectivity index (χ3n) is 5.46. The minimum absolute atomic E-state index is 0.148. The van der Waals surface area contributed by atoms with Crippen molar-refractivity contribution in [2.75, 3.05) is 42.8 Å². The van der Waals surface area contributed by atoms with Gasteiger partial charge < -0.3 is 25.0 Å². The Morgan fingerprint density at radius 1 is 1.07 bits per heavy atom. The molecule has 0 aromatic heterocycles. The maximum atomic E-state index is 12.7. The van der Waals surface area contributed by atoms with Gasteiger partial charge in [0.2, 0.25) is 5.91 Å². The first-order valence-corrected chi connectivity index (χ1v) is 10.1. The summed E-state index contributed by atoms with van der Waals surface area (Å²) in [5, 5.41) is 6.17. The molecule has 2 aromatic rings. The molecule has 0 saturated carbocycles. The van der Waals surface area contributed by atoms with Gasteiger partial charge >= 0.3 is 0 Å². The Balaban J connectivity index is 1.60. The van der Waals surface area contributed by atoms with E-state index in [0.717, 1.165) is 24.7 Å². The topological polar surface area (TPSA) is 62.8 Å². The number of hydrogen-bond acceptors (Lipinski definition) is 5. The highest BCUT2D eigenvalue weighted by molar-refractivity contribution is 5.97. The SMILES string of the molecule is COc1ccc(OC)c(NC(=O)[C@H](C)Nc2ccc(N3CCC(C)CC3)cc2)c1. The molecule has 2 N–H and O–H groups in total. The Hall–Kier alpha value is -2.89. The second-order valence-electron chi connectivity index (χ2n) is 7.64. The smallest absolute Gasteiger partial charge is 0.246 e. The molecular formula is C23H31N3O3. The molecule has 1 fully saturated rings. The Kier molecular flexibility index (Phi) is 6.86. The van der Waals surface area contributed by atoms with Crippen LogP contribution in [0.5, 0.6) is 11.5 Å². The van der Waals surface area contributed by atoms with Crippen LogP contribution in [0.1, 0.15) is 26.7 Å². The van der Waals surface area contributed by atoms with Gasteiger partial charge in [-0.3, -0.25) is 4.79 Å². The van der Waals surface area contributed by atoms with Crippen LogP contribution in [0.3, 0.4) is 0 Å². The van der Waals surface area contributed by atoms with Crippen LogP contribution in [0.4, 0.5) is 17.1 Å². The van der Waals surface area contributed by atoms with Crippen molar-refractivity contribution in [1.82, 2.24) is 0 Å². The number of amides is 1. The molecule has 1 amide bonds. The van der Waals surface area contributed by atoms with Crippen molar-refractivity contribution in [2.24, 2.45) is 5.92 Å². The van der Waals surface area contributed by atoms with E-state index < -0.39 is 6.04 Å². The number of piperidine rings is 1. The molecule has 0 spiro atoms. The molecule has 2 aromatic carbocycles. The summed E-state index contributed by atoms with van der Waals surface area (Å²) in [6.07, 6.45) is 2.48. The van der Waals surface area contributed by atoms with Crippen LogP contribution in [0.15, 0.2) is 42.5 Å². The molecule has 1 saturated heterocycles. The maximum absolute atomic E-state index is 12.7. The maximum Gasteiger partial charge on any atom is 0.246 e. The highest BCUT2D eigenvalue weighted by Crippen LogP contribution is 2.29. The lowest BCUT2D eigenvalue weighted by Crippen LogP contribution is -2.33. The quantitative estimate of drug-likeness (QED) is 0.726. The number of rotatable bonds is 7. The molecule has 6 heteroatoms. The zero-order valence-electron chi connectivity index (χ0n) is 17.7. The molecule has 1 aliphatic rings. The first-order chi connectivity index (χ1) is 14.0. The van der Waals surface area contributed by atoms with E-state index >= 15 is 0 Å². The first kappa shape index (κ1) is 20.8. The van der Waals surface area contributed by atoms with E-state index in [9.17, 15) is 4.79 Å². The first-order valence-electron chi connectivity index (χ1n) is 10.1. The minimum atomic E-state index is -0.410. The number of ether oxygens (including phenoxy) is 2. The number of hydrogen-bond donors (Lipinski definition) is 2. The second-order valence-corrected chi connectivity index (χ2v) is 7.64. The molecule has 3 rings (SSSR count). The fourth-order valence-electron chi connectivity index (χ4n) is 3.50. The summed E-state index contributed by atoms with van der Waals surface area (Å²) >= 11 is 0. The average molecular weight is 398 g/mol. The largest absolute Gasteiger partial charge is 0.497 e. The zero-order valence-corrected chi connectivity index (χ0v) is 17.7. The number of nitrogens with one attached hydrogen (secondary N) is 2. The third-order valence-corrected chi connectivity index (χ3v) is 5.46.